The maximum atomic E-state index is 13.0. The summed E-state index contributed by atoms with van der Waals surface area (Å²) in [4.78, 5) is 0. The molecular weight excluding hydrogens is 205 g/mol. The molecular formula is C13H20FNO. The van der Waals surface area contributed by atoms with Crippen LogP contribution in [0.25, 0.3) is 0 Å². The van der Waals surface area contributed by atoms with Crippen molar-refractivity contribution in [2.75, 3.05) is 6.61 Å². The molecule has 0 radical (unpaired) electrons. The summed E-state index contributed by atoms with van der Waals surface area (Å²) in [6, 6.07) is 4.71. The minimum Gasteiger partial charge on any atom is -0.396 e. The Hall–Kier alpha value is -0.930. The lowest BCUT2D eigenvalue weighted by Crippen LogP contribution is -2.40. The number of aliphatic hydroxyl groups excluding tert-OH is 1. The number of aryl methyl sites for hydroxylation is 1. The topological polar surface area (TPSA) is 46.2 Å². The van der Waals surface area contributed by atoms with Crippen LogP contribution in [0.5, 0.6) is 0 Å². The van der Waals surface area contributed by atoms with Crippen LogP contribution >= 0.6 is 0 Å². The molecule has 3 N–H and O–H groups in total. The molecule has 0 aliphatic rings. The molecule has 0 aromatic heterocycles. The lowest BCUT2D eigenvalue weighted by atomic mass is 9.79. The van der Waals surface area contributed by atoms with Crippen LogP contribution in [-0.4, -0.2) is 17.3 Å². The highest BCUT2D eigenvalue weighted by Gasteiger charge is 2.27. The molecule has 1 aromatic carbocycles. The van der Waals surface area contributed by atoms with E-state index in [0.29, 0.717) is 6.42 Å². The smallest absolute Gasteiger partial charge is 0.123 e. The number of hydrogen-bond donors (Lipinski definition) is 2. The molecule has 1 atom stereocenters. The maximum Gasteiger partial charge on any atom is 0.123 e. The Bertz CT molecular complexity index is 357. The van der Waals surface area contributed by atoms with Crippen LogP contribution in [0.2, 0.25) is 0 Å². The largest absolute Gasteiger partial charge is 0.396 e. The Labute approximate surface area is 96.3 Å². The number of nitrogens with two attached hydrogens (primary N) is 1. The quantitative estimate of drug-likeness (QED) is 0.826. The van der Waals surface area contributed by atoms with Crippen molar-refractivity contribution in [1.29, 1.82) is 0 Å². The summed E-state index contributed by atoms with van der Waals surface area (Å²) < 4.78 is 13.0. The second kappa shape index (κ2) is 4.93. The van der Waals surface area contributed by atoms with E-state index in [1.807, 2.05) is 20.8 Å². The van der Waals surface area contributed by atoms with Gasteiger partial charge in [0.05, 0.1) is 0 Å². The van der Waals surface area contributed by atoms with Crippen molar-refractivity contribution >= 4 is 0 Å². The zero-order chi connectivity index (χ0) is 12.3. The first-order valence-electron chi connectivity index (χ1n) is 5.52. The fraction of sp³-hybridized carbons (Fsp3) is 0.538. The molecule has 3 heteroatoms. The van der Waals surface area contributed by atoms with Crippen molar-refractivity contribution in [3.8, 4) is 0 Å². The molecule has 0 fully saturated rings. The van der Waals surface area contributed by atoms with Crippen LogP contribution < -0.4 is 5.73 Å². The van der Waals surface area contributed by atoms with Crippen LogP contribution in [0.4, 0.5) is 4.39 Å². The van der Waals surface area contributed by atoms with Crippen molar-refractivity contribution in [2.45, 2.75) is 38.6 Å². The molecule has 16 heavy (non-hydrogen) atoms. The van der Waals surface area contributed by atoms with Crippen LogP contribution in [-0.2, 0) is 0 Å². The molecule has 90 valence electrons. The molecule has 1 unspecified atom stereocenters. The number of benzene rings is 1. The molecule has 2 nitrogen and oxygen atoms in total. The Morgan fingerprint density at radius 2 is 2.06 bits per heavy atom. The normalized spacial score (nSPS) is 13.9. The predicted octanol–water partition coefficient (Wildman–Crippen LogP) is 2.34. The highest BCUT2D eigenvalue weighted by Crippen LogP contribution is 2.31. The summed E-state index contributed by atoms with van der Waals surface area (Å²) in [6.07, 6.45) is 0.593. The zero-order valence-electron chi connectivity index (χ0n) is 10.1. The van der Waals surface area contributed by atoms with Gasteiger partial charge >= 0.3 is 0 Å². The highest BCUT2D eigenvalue weighted by molar-refractivity contribution is 5.32. The number of hydrogen-bond acceptors (Lipinski definition) is 2. The Balaban J connectivity index is 3.11. The van der Waals surface area contributed by atoms with Gasteiger partial charge in [0.2, 0.25) is 0 Å². The first kappa shape index (κ1) is 13.1. The van der Waals surface area contributed by atoms with Crippen LogP contribution in [0.1, 0.15) is 37.3 Å². The molecule has 1 aromatic rings. The van der Waals surface area contributed by atoms with Crippen molar-refractivity contribution in [1.82, 2.24) is 0 Å². The molecule has 0 bridgehead atoms. The van der Waals surface area contributed by atoms with E-state index < -0.39 is 5.54 Å². The number of aliphatic hydroxyl groups is 1. The second-order valence-corrected chi connectivity index (χ2v) is 4.89. The van der Waals surface area contributed by atoms with Gasteiger partial charge in [-0.05, 0) is 50.5 Å². The fourth-order valence-electron chi connectivity index (χ4n) is 2.09. The van der Waals surface area contributed by atoms with Gasteiger partial charge in [-0.15, -0.1) is 0 Å². The molecule has 0 heterocycles. The van der Waals surface area contributed by atoms with Gasteiger partial charge in [0.15, 0.2) is 0 Å². The lowest BCUT2D eigenvalue weighted by Gasteiger charge is -2.31. The Morgan fingerprint density at radius 3 is 2.50 bits per heavy atom. The van der Waals surface area contributed by atoms with Gasteiger partial charge in [-0.2, -0.15) is 0 Å². The summed E-state index contributed by atoms with van der Waals surface area (Å²) in [6.45, 7) is 5.81. The van der Waals surface area contributed by atoms with Gasteiger partial charge in [-0.3, -0.25) is 0 Å². The van der Waals surface area contributed by atoms with Crippen molar-refractivity contribution in [2.24, 2.45) is 5.73 Å². The third kappa shape index (κ3) is 3.03. The summed E-state index contributed by atoms with van der Waals surface area (Å²) in [5.74, 6) is -0.197. The van der Waals surface area contributed by atoms with Crippen LogP contribution in [0.15, 0.2) is 18.2 Å². The second-order valence-electron chi connectivity index (χ2n) is 4.89. The standard InChI is InChI=1S/C13H20FNO/c1-9-8-10(14)4-5-11(9)12(6-7-16)13(2,3)15/h4-5,8,12,16H,6-7,15H2,1-3H3. The van der Waals surface area contributed by atoms with E-state index in [4.69, 9.17) is 10.8 Å². The van der Waals surface area contributed by atoms with Gasteiger partial charge in [0, 0.05) is 18.1 Å². The first-order valence-corrected chi connectivity index (χ1v) is 5.52. The monoisotopic (exact) mass is 225 g/mol. The van der Waals surface area contributed by atoms with Gasteiger partial charge < -0.3 is 10.8 Å². The van der Waals surface area contributed by atoms with Crippen LogP contribution in [0.3, 0.4) is 0 Å². The van der Waals surface area contributed by atoms with E-state index in [1.54, 1.807) is 6.07 Å². The van der Waals surface area contributed by atoms with E-state index in [2.05, 4.69) is 0 Å². The predicted molar refractivity (Wildman–Crippen MR) is 63.8 cm³/mol. The first-order chi connectivity index (χ1) is 7.36. The summed E-state index contributed by atoms with van der Waals surface area (Å²) in [7, 11) is 0. The number of halogens is 1. The van der Waals surface area contributed by atoms with E-state index in [1.165, 1.54) is 12.1 Å². The molecule has 0 spiro atoms. The third-order valence-electron chi connectivity index (χ3n) is 2.92. The summed E-state index contributed by atoms with van der Waals surface area (Å²) in [5, 5.41) is 9.08. The van der Waals surface area contributed by atoms with Crippen molar-refractivity contribution in [3.63, 3.8) is 0 Å². The van der Waals surface area contributed by atoms with Gasteiger partial charge in [-0.1, -0.05) is 6.07 Å². The molecule has 0 amide bonds. The minimum atomic E-state index is -0.425. The fourth-order valence-corrected chi connectivity index (χ4v) is 2.09. The van der Waals surface area contributed by atoms with E-state index >= 15 is 0 Å². The molecule has 1 rings (SSSR count). The SMILES string of the molecule is Cc1cc(F)ccc1C(CCO)C(C)(C)N. The number of rotatable bonds is 4. The average Bonchev–Trinajstić information content (AvgIpc) is 2.13. The van der Waals surface area contributed by atoms with Gasteiger partial charge in [0.25, 0.3) is 0 Å². The van der Waals surface area contributed by atoms with Gasteiger partial charge in [-0.25, -0.2) is 4.39 Å². The lowest BCUT2D eigenvalue weighted by molar-refractivity contribution is 0.250. The van der Waals surface area contributed by atoms with Crippen molar-refractivity contribution < 1.29 is 9.50 Å². The van der Waals surface area contributed by atoms with E-state index in [0.717, 1.165) is 11.1 Å². The average molecular weight is 225 g/mol. The highest BCUT2D eigenvalue weighted by atomic mass is 19.1. The summed E-state index contributed by atoms with van der Waals surface area (Å²) in [5.41, 5.74) is 7.58. The van der Waals surface area contributed by atoms with Crippen molar-refractivity contribution in [3.05, 3.63) is 35.1 Å². The van der Waals surface area contributed by atoms with E-state index in [-0.39, 0.29) is 18.3 Å². The summed E-state index contributed by atoms with van der Waals surface area (Å²) >= 11 is 0. The minimum absolute atomic E-state index is 0.0399. The molecule has 0 saturated heterocycles. The van der Waals surface area contributed by atoms with E-state index in [9.17, 15) is 4.39 Å². The maximum absolute atomic E-state index is 13.0. The Kier molecular flexibility index (Phi) is 4.05. The zero-order valence-corrected chi connectivity index (χ0v) is 10.1. The Morgan fingerprint density at radius 1 is 1.44 bits per heavy atom. The molecule has 0 aliphatic heterocycles. The molecule has 0 aliphatic carbocycles. The van der Waals surface area contributed by atoms with Gasteiger partial charge in [0.1, 0.15) is 5.82 Å². The van der Waals surface area contributed by atoms with Crippen LogP contribution in [0, 0.1) is 12.7 Å². The molecule has 0 saturated carbocycles. The third-order valence-corrected chi connectivity index (χ3v) is 2.92.